The highest BCUT2D eigenvalue weighted by Crippen LogP contribution is 2.30. The number of nitrogens with zero attached hydrogens (tertiary/aromatic N) is 1. The summed E-state index contributed by atoms with van der Waals surface area (Å²) in [6.07, 6.45) is 2.31. The average molecular weight is 433 g/mol. The van der Waals surface area contributed by atoms with Gasteiger partial charge in [-0.2, -0.15) is 8.42 Å². The molecule has 1 aliphatic rings. The minimum atomic E-state index is -3.94. The standard InChI is InChI=1S/C22H28N2O5S/c1-16(2)23-22(25)24(14-17-4-5-17)15-18-6-8-20(9-7-18)29-30(26,27)21-12-10-19(28-3)11-13-21/h6-13,16-17H,4-5,14-15H2,1-3H3,(H,23,25). The van der Waals surface area contributed by atoms with Crippen molar-refractivity contribution in [1.82, 2.24) is 10.2 Å². The van der Waals surface area contributed by atoms with Gasteiger partial charge in [0.05, 0.1) is 7.11 Å². The summed E-state index contributed by atoms with van der Waals surface area (Å²) in [7, 11) is -2.43. The van der Waals surface area contributed by atoms with Crippen molar-refractivity contribution in [3.8, 4) is 11.5 Å². The Bertz CT molecular complexity index is 952. The van der Waals surface area contributed by atoms with E-state index in [1.807, 2.05) is 18.7 Å². The Morgan fingerprint density at radius 1 is 1.07 bits per heavy atom. The molecule has 162 valence electrons. The molecule has 1 aliphatic carbocycles. The van der Waals surface area contributed by atoms with Crippen molar-refractivity contribution < 1.29 is 22.1 Å². The van der Waals surface area contributed by atoms with Crippen molar-refractivity contribution >= 4 is 16.1 Å². The van der Waals surface area contributed by atoms with Crippen LogP contribution < -0.4 is 14.2 Å². The summed E-state index contributed by atoms with van der Waals surface area (Å²) in [6, 6.07) is 12.8. The van der Waals surface area contributed by atoms with Crippen molar-refractivity contribution in [2.24, 2.45) is 5.92 Å². The van der Waals surface area contributed by atoms with E-state index in [2.05, 4.69) is 5.32 Å². The molecule has 0 spiro atoms. The Morgan fingerprint density at radius 2 is 1.67 bits per heavy atom. The van der Waals surface area contributed by atoms with E-state index in [9.17, 15) is 13.2 Å². The Morgan fingerprint density at radius 3 is 2.20 bits per heavy atom. The highest BCUT2D eigenvalue weighted by atomic mass is 32.2. The zero-order valence-electron chi connectivity index (χ0n) is 17.5. The number of hydrogen-bond acceptors (Lipinski definition) is 5. The predicted octanol–water partition coefficient (Wildman–Crippen LogP) is 3.79. The Hall–Kier alpha value is -2.74. The minimum absolute atomic E-state index is 0.0494. The lowest BCUT2D eigenvalue weighted by atomic mass is 10.2. The SMILES string of the molecule is COc1ccc(S(=O)(=O)Oc2ccc(CN(CC3CC3)C(=O)NC(C)C)cc2)cc1. The van der Waals surface area contributed by atoms with Crippen LogP contribution in [-0.4, -0.2) is 39.0 Å². The fourth-order valence-corrected chi connectivity index (χ4v) is 3.89. The fraction of sp³-hybridized carbons (Fsp3) is 0.409. The van der Waals surface area contributed by atoms with E-state index in [1.165, 1.54) is 19.2 Å². The van der Waals surface area contributed by atoms with Crippen molar-refractivity contribution in [2.75, 3.05) is 13.7 Å². The lowest BCUT2D eigenvalue weighted by molar-refractivity contribution is 0.190. The Labute approximate surface area is 178 Å². The van der Waals surface area contributed by atoms with E-state index in [0.717, 1.165) is 24.9 Å². The highest BCUT2D eigenvalue weighted by molar-refractivity contribution is 7.87. The van der Waals surface area contributed by atoms with Gasteiger partial charge in [-0.15, -0.1) is 0 Å². The molecule has 2 aromatic rings. The number of carbonyl (C=O) groups is 1. The van der Waals surface area contributed by atoms with Crippen LogP contribution in [0.25, 0.3) is 0 Å². The number of carbonyl (C=O) groups excluding carboxylic acids is 1. The fourth-order valence-electron chi connectivity index (χ4n) is 2.96. The first-order valence-electron chi connectivity index (χ1n) is 10.00. The summed E-state index contributed by atoms with van der Waals surface area (Å²) in [6.45, 7) is 5.05. The monoisotopic (exact) mass is 432 g/mol. The van der Waals surface area contributed by atoms with E-state index in [0.29, 0.717) is 18.2 Å². The van der Waals surface area contributed by atoms with Crippen LogP contribution in [0.1, 0.15) is 32.3 Å². The van der Waals surface area contributed by atoms with Gasteiger partial charge in [-0.25, -0.2) is 4.79 Å². The van der Waals surface area contributed by atoms with E-state index < -0.39 is 10.1 Å². The number of hydrogen-bond donors (Lipinski definition) is 1. The zero-order valence-corrected chi connectivity index (χ0v) is 18.3. The maximum Gasteiger partial charge on any atom is 0.339 e. The van der Waals surface area contributed by atoms with Gasteiger partial charge in [0.15, 0.2) is 0 Å². The van der Waals surface area contributed by atoms with Gasteiger partial charge >= 0.3 is 16.1 Å². The lowest BCUT2D eigenvalue weighted by Crippen LogP contribution is -2.43. The second-order valence-electron chi connectivity index (χ2n) is 7.79. The molecule has 3 rings (SSSR count). The molecule has 1 saturated carbocycles. The zero-order chi connectivity index (χ0) is 21.7. The third-order valence-corrected chi connectivity index (χ3v) is 5.99. The van der Waals surface area contributed by atoms with Gasteiger partial charge in [0.25, 0.3) is 0 Å². The van der Waals surface area contributed by atoms with Gasteiger partial charge in [0.1, 0.15) is 16.4 Å². The molecule has 0 atom stereocenters. The molecule has 0 heterocycles. The largest absolute Gasteiger partial charge is 0.497 e. The summed E-state index contributed by atoms with van der Waals surface area (Å²) < 4.78 is 35.2. The Balaban J connectivity index is 1.66. The molecule has 0 aromatic heterocycles. The van der Waals surface area contributed by atoms with E-state index >= 15 is 0 Å². The van der Waals surface area contributed by atoms with Crippen LogP contribution in [0.2, 0.25) is 0 Å². The predicted molar refractivity (Wildman–Crippen MR) is 114 cm³/mol. The van der Waals surface area contributed by atoms with Gasteiger partial charge in [-0.1, -0.05) is 12.1 Å². The maximum absolute atomic E-state index is 12.5. The maximum atomic E-state index is 12.5. The van der Waals surface area contributed by atoms with Crippen LogP contribution in [0.15, 0.2) is 53.4 Å². The number of ether oxygens (including phenoxy) is 1. The lowest BCUT2D eigenvalue weighted by Gasteiger charge is -2.24. The molecular formula is C22H28N2O5S. The number of urea groups is 1. The average Bonchev–Trinajstić information content (AvgIpc) is 3.52. The number of nitrogens with one attached hydrogen (secondary N) is 1. The topological polar surface area (TPSA) is 84.9 Å². The molecule has 2 amide bonds. The molecule has 2 aromatic carbocycles. The molecule has 1 N–H and O–H groups in total. The number of methoxy groups -OCH3 is 1. The van der Waals surface area contributed by atoms with E-state index in [-0.39, 0.29) is 22.7 Å². The number of benzene rings is 2. The molecule has 0 aliphatic heterocycles. The van der Waals surface area contributed by atoms with Crippen LogP contribution in [-0.2, 0) is 16.7 Å². The molecule has 7 nitrogen and oxygen atoms in total. The molecular weight excluding hydrogens is 404 g/mol. The van der Waals surface area contributed by atoms with E-state index in [4.69, 9.17) is 8.92 Å². The van der Waals surface area contributed by atoms with Crippen LogP contribution in [0.5, 0.6) is 11.5 Å². The van der Waals surface area contributed by atoms with Crippen LogP contribution in [0, 0.1) is 5.92 Å². The van der Waals surface area contributed by atoms with Crippen molar-refractivity contribution in [3.05, 3.63) is 54.1 Å². The first-order chi connectivity index (χ1) is 14.3. The summed E-state index contributed by atoms with van der Waals surface area (Å²) >= 11 is 0. The highest BCUT2D eigenvalue weighted by Gasteiger charge is 2.27. The van der Waals surface area contributed by atoms with Gasteiger partial charge in [0, 0.05) is 19.1 Å². The summed E-state index contributed by atoms with van der Waals surface area (Å²) in [5.74, 6) is 1.35. The van der Waals surface area contributed by atoms with Crippen molar-refractivity contribution in [3.63, 3.8) is 0 Å². The summed E-state index contributed by atoms with van der Waals surface area (Å²) in [5.41, 5.74) is 0.906. The molecule has 8 heteroatoms. The van der Waals surface area contributed by atoms with Crippen LogP contribution in [0.3, 0.4) is 0 Å². The number of amides is 2. The second kappa shape index (κ2) is 9.38. The molecule has 30 heavy (non-hydrogen) atoms. The first-order valence-corrected chi connectivity index (χ1v) is 11.4. The minimum Gasteiger partial charge on any atom is -0.497 e. The van der Waals surface area contributed by atoms with Gasteiger partial charge < -0.3 is 19.1 Å². The normalized spacial score (nSPS) is 13.7. The van der Waals surface area contributed by atoms with Gasteiger partial charge in [-0.05, 0) is 74.6 Å². The first kappa shape index (κ1) is 22.0. The third-order valence-electron chi connectivity index (χ3n) is 4.73. The van der Waals surface area contributed by atoms with E-state index in [1.54, 1.807) is 36.4 Å². The Kier molecular flexibility index (Phi) is 6.87. The van der Waals surface area contributed by atoms with Crippen LogP contribution in [0.4, 0.5) is 4.79 Å². The molecule has 0 saturated heterocycles. The smallest absolute Gasteiger partial charge is 0.339 e. The quantitative estimate of drug-likeness (QED) is 0.610. The number of rotatable bonds is 9. The summed E-state index contributed by atoms with van der Waals surface area (Å²) in [5, 5.41) is 2.94. The second-order valence-corrected chi connectivity index (χ2v) is 9.33. The molecule has 0 radical (unpaired) electrons. The third kappa shape index (κ3) is 6.13. The molecule has 1 fully saturated rings. The summed E-state index contributed by atoms with van der Waals surface area (Å²) in [4.78, 5) is 14.3. The van der Waals surface area contributed by atoms with Gasteiger partial charge in [0.2, 0.25) is 0 Å². The van der Waals surface area contributed by atoms with Crippen molar-refractivity contribution in [2.45, 2.75) is 44.2 Å². The molecule has 0 bridgehead atoms. The molecule has 0 unspecified atom stereocenters. The van der Waals surface area contributed by atoms with Crippen LogP contribution >= 0.6 is 0 Å². The van der Waals surface area contributed by atoms with Gasteiger partial charge in [-0.3, -0.25) is 0 Å². The van der Waals surface area contributed by atoms with Crippen molar-refractivity contribution in [1.29, 1.82) is 0 Å².